The van der Waals surface area contributed by atoms with Crippen LogP contribution in [0.25, 0.3) is 0 Å². The summed E-state index contributed by atoms with van der Waals surface area (Å²) in [6.07, 6.45) is 27.0. The van der Waals surface area contributed by atoms with Gasteiger partial charge in [0.15, 0.2) is 0 Å². The lowest BCUT2D eigenvalue weighted by Crippen LogP contribution is -2.26. The molecule has 0 aliphatic rings. The zero-order chi connectivity index (χ0) is 34.6. The van der Waals surface area contributed by atoms with Crippen LogP contribution in [0.3, 0.4) is 0 Å². The predicted molar refractivity (Wildman–Crippen MR) is 190 cm³/mol. The molecular weight excluding hydrogens is 592 g/mol. The van der Waals surface area contributed by atoms with E-state index in [0.717, 1.165) is 51.9 Å². The zero-order valence-electron chi connectivity index (χ0n) is 30.2. The highest BCUT2D eigenvalue weighted by atomic mass is 32.3. The van der Waals surface area contributed by atoms with Crippen molar-refractivity contribution in [3.05, 3.63) is 0 Å². The summed E-state index contributed by atoms with van der Waals surface area (Å²) in [4.78, 5) is 27.4. The maximum atomic E-state index is 11.6. The van der Waals surface area contributed by atoms with Gasteiger partial charge in [0.05, 0.1) is 0 Å². The van der Waals surface area contributed by atoms with Gasteiger partial charge in [-0.15, -0.1) is 0 Å². The summed E-state index contributed by atoms with van der Waals surface area (Å²) in [5, 5.41) is 6.00. The van der Waals surface area contributed by atoms with Crippen LogP contribution in [0, 0.1) is 0 Å². The maximum Gasteiger partial charge on any atom is 0.394 e. The zero-order valence-corrected chi connectivity index (χ0v) is 31.0. The Labute approximate surface area is 278 Å². The van der Waals surface area contributed by atoms with Gasteiger partial charge in [0, 0.05) is 25.9 Å². The first-order chi connectivity index (χ1) is 21.3. The second-order valence-corrected chi connectivity index (χ2v) is 13.5. The summed E-state index contributed by atoms with van der Waals surface area (Å²) in [5.74, 6) is 0.457. The van der Waals surface area contributed by atoms with Crippen molar-refractivity contribution in [2.75, 3.05) is 54.4 Å². The first-order valence-electron chi connectivity index (χ1n) is 17.9. The van der Waals surface area contributed by atoms with Gasteiger partial charge >= 0.3 is 10.4 Å². The van der Waals surface area contributed by atoms with Crippen LogP contribution in [-0.2, 0) is 20.0 Å². The molecule has 0 unspecified atom stereocenters. The van der Waals surface area contributed by atoms with E-state index in [0.29, 0.717) is 12.8 Å². The number of nitrogens with zero attached hydrogens (tertiary/aromatic N) is 2. The first kappa shape index (κ1) is 48.1. The minimum atomic E-state index is -4.67. The van der Waals surface area contributed by atoms with Gasteiger partial charge in [-0.25, -0.2) is 0 Å². The predicted octanol–water partition coefficient (Wildman–Crippen LogP) is 7.30. The molecule has 0 heterocycles. The Morgan fingerprint density at radius 1 is 0.489 bits per heavy atom. The van der Waals surface area contributed by atoms with E-state index in [1.54, 1.807) is 0 Å². The third-order valence-electron chi connectivity index (χ3n) is 7.22. The monoisotopic (exact) mass is 667 g/mol. The van der Waals surface area contributed by atoms with E-state index in [-0.39, 0.29) is 11.8 Å². The molecule has 0 aromatic heterocycles. The Morgan fingerprint density at radius 3 is 0.978 bits per heavy atom. The Morgan fingerprint density at radius 2 is 0.733 bits per heavy atom. The Hall–Kier alpha value is -1.27. The van der Waals surface area contributed by atoms with E-state index in [9.17, 15) is 9.59 Å². The summed E-state index contributed by atoms with van der Waals surface area (Å²) < 4.78 is 31.6. The largest absolute Gasteiger partial charge is 0.394 e. The van der Waals surface area contributed by atoms with Crippen LogP contribution in [0.1, 0.15) is 155 Å². The van der Waals surface area contributed by atoms with Crippen LogP contribution in [0.2, 0.25) is 0 Å². The molecule has 45 heavy (non-hydrogen) atoms. The molecule has 0 aliphatic carbocycles. The highest BCUT2D eigenvalue weighted by Gasteiger charge is 2.02. The van der Waals surface area contributed by atoms with Crippen molar-refractivity contribution in [1.82, 2.24) is 20.4 Å². The van der Waals surface area contributed by atoms with Gasteiger partial charge in [-0.3, -0.25) is 18.7 Å². The number of carbonyl (C=O) groups excluding carboxylic acids is 2. The molecule has 11 heteroatoms. The molecule has 0 radical (unpaired) electrons. The third kappa shape index (κ3) is 58.8. The number of nitrogens with one attached hydrogen (secondary N) is 2. The van der Waals surface area contributed by atoms with Gasteiger partial charge in [0.1, 0.15) is 0 Å². The van der Waals surface area contributed by atoms with Crippen LogP contribution >= 0.6 is 0 Å². The molecule has 0 saturated heterocycles. The van der Waals surface area contributed by atoms with Crippen molar-refractivity contribution in [2.45, 2.75) is 155 Å². The lowest BCUT2D eigenvalue weighted by atomic mass is 10.1. The number of hydrogen-bond acceptors (Lipinski definition) is 6. The molecule has 0 spiro atoms. The summed E-state index contributed by atoms with van der Waals surface area (Å²) in [6.45, 7) is 8.22. The lowest BCUT2D eigenvalue weighted by Gasteiger charge is -2.09. The average molecular weight is 667 g/mol. The molecular formula is C34H74N4O6S. The van der Waals surface area contributed by atoms with Crippen molar-refractivity contribution in [3.63, 3.8) is 0 Å². The van der Waals surface area contributed by atoms with Crippen molar-refractivity contribution in [3.8, 4) is 0 Å². The molecule has 4 N–H and O–H groups in total. The number of hydrogen-bond donors (Lipinski definition) is 4. The molecule has 0 aliphatic heterocycles. The van der Waals surface area contributed by atoms with Gasteiger partial charge in [-0.1, -0.05) is 117 Å². The molecule has 10 nitrogen and oxygen atoms in total. The molecule has 0 atom stereocenters. The molecule has 0 aromatic carbocycles. The number of carbonyl (C=O) groups is 2. The van der Waals surface area contributed by atoms with Gasteiger partial charge < -0.3 is 20.4 Å². The van der Waals surface area contributed by atoms with Gasteiger partial charge in [-0.2, -0.15) is 8.42 Å². The van der Waals surface area contributed by atoms with Crippen molar-refractivity contribution in [2.24, 2.45) is 0 Å². The lowest BCUT2D eigenvalue weighted by molar-refractivity contribution is -0.122. The number of rotatable bonds is 28. The normalized spacial score (nSPS) is 11.1. The van der Waals surface area contributed by atoms with Crippen molar-refractivity contribution >= 4 is 22.2 Å². The number of amides is 2. The van der Waals surface area contributed by atoms with Crippen molar-refractivity contribution < 1.29 is 27.1 Å². The fourth-order valence-corrected chi connectivity index (χ4v) is 4.62. The summed E-state index contributed by atoms with van der Waals surface area (Å²) in [6, 6.07) is 0. The van der Waals surface area contributed by atoms with Crippen LogP contribution in [0.4, 0.5) is 0 Å². The quantitative estimate of drug-likeness (QED) is 0.0504. The minimum Gasteiger partial charge on any atom is -0.356 e. The van der Waals surface area contributed by atoms with E-state index >= 15 is 0 Å². The molecule has 2 amide bonds. The van der Waals surface area contributed by atoms with Crippen LogP contribution in [0.5, 0.6) is 0 Å². The Kier molecular flexibility index (Phi) is 39.8. The van der Waals surface area contributed by atoms with Gasteiger partial charge in [0.25, 0.3) is 0 Å². The molecule has 0 aromatic rings. The highest BCUT2D eigenvalue weighted by molar-refractivity contribution is 7.79. The Bertz CT molecular complexity index is 682. The maximum absolute atomic E-state index is 11.6. The fraction of sp³-hybridized carbons (Fsp3) is 0.941. The first-order valence-corrected chi connectivity index (χ1v) is 19.3. The van der Waals surface area contributed by atoms with E-state index < -0.39 is 10.4 Å². The van der Waals surface area contributed by atoms with Crippen molar-refractivity contribution in [1.29, 1.82) is 0 Å². The summed E-state index contributed by atoms with van der Waals surface area (Å²) in [5.41, 5.74) is 0. The van der Waals surface area contributed by atoms with E-state index in [2.05, 4.69) is 62.5 Å². The van der Waals surface area contributed by atoms with Crippen LogP contribution in [-0.4, -0.2) is 93.5 Å². The number of unbranched alkanes of at least 4 members (excludes halogenated alkanes) is 16. The fourth-order valence-electron chi connectivity index (χ4n) is 4.62. The van der Waals surface area contributed by atoms with E-state index in [1.807, 2.05) is 0 Å². The highest BCUT2D eigenvalue weighted by Crippen LogP contribution is 2.11. The SMILES string of the molecule is CCCCCCCCCCCC(=O)NCCCN(C)C.CCCCCCCCCCCC(=O)NCCCN(C)C.O=S(=O)(O)O. The van der Waals surface area contributed by atoms with E-state index in [4.69, 9.17) is 17.5 Å². The molecule has 0 rings (SSSR count). The van der Waals surface area contributed by atoms with E-state index in [1.165, 1.54) is 103 Å². The van der Waals surface area contributed by atoms with Crippen LogP contribution < -0.4 is 10.6 Å². The standard InChI is InChI=1S/2C17H36N2O.H2O4S/c2*1-4-5-6-7-8-9-10-11-12-14-17(20)18-15-13-16-19(2)3;1-5(2,3)4/h2*4-16H2,1-3H3,(H,18,20);(H2,1,2,3,4). The summed E-state index contributed by atoms with van der Waals surface area (Å²) in [7, 11) is 3.57. The topological polar surface area (TPSA) is 139 Å². The second-order valence-electron chi connectivity index (χ2n) is 12.6. The minimum absolute atomic E-state index is 0.228. The smallest absolute Gasteiger partial charge is 0.356 e. The van der Waals surface area contributed by atoms with Gasteiger partial charge in [0.2, 0.25) is 11.8 Å². The summed E-state index contributed by atoms with van der Waals surface area (Å²) >= 11 is 0. The molecule has 0 fully saturated rings. The van der Waals surface area contributed by atoms with Gasteiger partial charge in [-0.05, 0) is 67.0 Å². The molecule has 0 saturated carbocycles. The second kappa shape index (κ2) is 37.2. The molecule has 0 bridgehead atoms. The average Bonchev–Trinajstić information content (AvgIpc) is 2.95. The molecule has 272 valence electrons. The third-order valence-corrected chi connectivity index (χ3v) is 7.22. The van der Waals surface area contributed by atoms with Crippen LogP contribution in [0.15, 0.2) is 0 Å². The Balaban J connectivity index is -0.000000680.